The molecule has 0 saturated heterocycles. The maximum absolute atomic E-state index is 5.73. The number of halogens is 1. The maximum Gasteiger partial charge on any atom is 0.191 e. The minimum Gasteiger partial charge on any atom is -0.496 e. The van der Waals surface area contributed by atoms with Crippen LogP contribution >= 0.6 is 24.0 Å². The third-order valence-electron chi connectivity index (χ3n) is 4.46. The van der Waals surface area contributed by atoms with Crippen molar-refractivity contribution in [1.82, 2.24) is 10.6 Å². The summed E-state index contributed by atoms with van der Waals surface area (Å²) in [5, 5.41) is 6.78. The molecule has 1 atom stereocenters. The van der Waals surface area contributed by atoms with Crippen molar-refractivity contribution in [3.63, 3.8) is 0 Å². The Morgan fingerprint density at radius 1 is 1.15 bits per heavy atom. The lowest BCUT2D eigenvalue weighted by Crippen LogP contribution is -2.39. The summed E-state index contributed by atoms with van der Waals surface area (Å²) in [6, 6.07) is 16.3. The Kier molecular flexibility index (Phi) is 8.03. The molecule has 1 unspecified atom stereocenters. The Hall–Kier alpha value is -1.96. The van der Waals surface area contributed by atoms with Crippen LogP contribution in [0.25, 0.3) is 0 Å². The van der Waals surface area contributed by atoms with Crippen molar-refractivity contribution >= 4 is 29.9 Å². The van der Waals surface area contributed by atoms with Crippen LogP contribution < -0.4 is 20.1 Å². The summed E-state index contributed by atoms with van der Waals surface area (Å²) in [4.78, 5) is 4.32. The number of rotatable bonds is 5. The van der Waals surface area contributed by atoms with E-state index in [0.717, 1.165) is 42.6 Å². The van der Waals surface area contributed by atoms with Crippen LogP contribution in [0.5, 0.6) is 11.5 Å². The molecule has 2 aromatic rings. The normalized spacial score (nSPS) is 15.9. The van der Waals surface area contributed by atoms with E-state index in [1.54, 1.807) is 14.2 Å². The van der Waals surface area contributed by atoms with Gasteiger partial charge in [0.2, 0.25) is 0 Å². The Morgan fingerprint density at radius 2 is 1.92 bits per heavy atom. The van der Waals surface area contributed by atoms with E-state index in [1.807, 2.05) is 36.4 Å². The van der Waals surface area contributed by atoms with Crippen LogP contribution in [0.4, 0.5) is 0 Å². The summed E-state index contributed by atoms with van der Waals surface area (Å²) >= 11 is 0. The third kappa shape index (κ3) is 5.03. The molecule has 0 fully saturated rings. The molecule has 0 spiro atoms. The van der Waals surface area contributed by atoms with Gasteiger partial charge in [0.15, 0.2) is 5.96 Å². The quantitative estimate of drug-likeness (QED) is 0.402. The van der Waals surface area contributed by atoms with E-state index in [9.17, 15) is 0 Å². The monoisotopic (exact) mass is 467 g/mol. The molecule has 0 radical (unpaired) electrons. The zero-order valence-corrected chi connectivity index (χ0v) is 17.5. The minimum atomic E-state index is 0. The van der Waals surface area contributed by atoms with Crippen LogP contribution in [0, 0.1) is 0 Å². The number of nitrogens with one attached hydrogen (secondary N) is 2. The first-order chi connectivity index (χ1) is 12.3. The first kappa shape index (κ1) is 20.4. The van der Waals surface area contributed by atoms with Crippen molar-refractivity contribution < 1.29 is 9.47 Å². The average molecular weight is 467 g/mol. The molecule has 6 heteroatoms. The number of methoxy groups -OCH3 is 1. The number of benzene rings is 2. The zero-order valence-electron chi connectivity index (χ0n) is 15.2. The summed E-state index contributed by atoms with van der Waals surface area (Å²) in [6.45, 7) is 2.25. The van der Waals surface area contributed by atoms with Gasteiger partial charge in [-0.25, -0.2) is 0 Å². The summed E-state index contributed by atoms with van der Waals surface area (Å²) in [7, 11) is 3.48. The molecule has 3 rings (SSSR count). The molecule has 1 heterocycles. The molecule has 0 amide bonds. The fourth-order valence-electron chi connectivity index (χ4n) is 3.10. The number of guanidine groups is 1. The highest BCUT2D eigenvalue weighted by atomic mass is 127. The largest absolute Gasteiger partial charge is 0.496 e. The van der Waals surface area contributed by atoms with Crippen LogP contribution in [0.15, 0.2) is 53.5 Å². The van der Waals surface area contributed by atoms with Gasteiger partial charge in [-0.05, 0) is 24.1 Å². The van der Waals surface area contributed by atoms with E-state index < -0.39 is 0 Å². The van der Waals surface area contributed by atoms with Crippen molar-refractivity contribution in [1.29, 1.82) is 0 Å². The van der Waals surface area contributed by atoms with Crippen LogP contribution in [0.1, 0.15) is 23.5 Å². The molecule has 26 heavy (non-hydrogen) atoms. The Labute approximate surface area is 172 Å². The predicted molar refractivity (Wildman–Crippen MR) is 116 cm³/mol. The molecule has 2 aromatic carbocycles. The van der Waals surface area contributed by atoms with Crippen molar-refractivity contribution in [2.75, 3.05) is 27.3 Å². The van der Waals surface area contributed by atoms with Crippen LogP contribution in [0.3, 0.4) is 0 Å². The van der Waals surface area contributed by atoms with Crippen molar-refractivity contribution in [3.8, 4) is 11.5 Å². The fraction of sp³-hybridized carbons (Fsp3) is 0.350. The van der Waals surface area contributed by atoms with Gasteiger partial charge in [-0.3, -0.25) is 4.99 Å². The second-order valence-corrected chi connectivity index (χ2v) is 5.99. The van der Waals surface area contributed by atoms with E-state index in [0.29, 0.717) is 12.5 Å². The van der Waals surface area contributed by atoms with Crippen molar-refractivity contribution in [2.45, 2.75) is 18.9 Å². The van der Waals surface area contributed by atoms with Gasteiger partial charge in [-0.2, -0.15) is 0 Å². The van der Waals surface area contributed by atoms with E-state index in [1.165, 1.54) is 5.56 Å². The summed E-state index contributed by atoms with van der Waals surface area (Å²) in [5.41, 5.74) is 2.37. The molecule has 1 aliphatic rings. The van der Waals surface area contributed by atoms with Gasteiger partial charge in [-0.1, -0.05) is 36.4 Å². The topological polar surface area (TPSA) is 54.9 Å². The van der Waals surface area contributed by atoms with Gasteiger partial charge in [0, 0.05) is 31.6 Å². The second kappa shape index (κ2) is 10.3. The van der Waals surface area contributed by atoms with E-state index >= 15 is 0 Å². The van der Waals surface area contributed by atoms with Crippen molar-refractivity contribution in [3.05, 3.63) is 59.7 Å². The van der Waals surface area contributed by atoms with Crippen LogP contribution in [-0.4, -0.2) is 33.3 Å². The lowest BCUT2D eigenvalue weighted by atomic mass is 9.93. The van der Waals surface area contributed by atoms with Gasteiger partial charge < -0.3 is 20.1 Å². The Morgan fingerprint density at radius 3 is 2.73 bits per heavy atom. The predicted octanol–water partition coefficient (Wildman–Crippen LogP) is 3.54. The highest BCUT2D eigenvalue weighted by molar-refractivity contribution is 14.0. The Bertz CT molecular complexity index is 737. The first-order valence-electron chi connectivity index (χ1n) is 8.60. The second-order valence-electron chi connectivity index (χ2n) is 5.99. The molecule has 0 aliphatic carbocycles. The first-order valence-corrected chi connectivity index (χ1v) is 8.60. The van der Waals surface area contributed by atoms with E-state index in [4.69, 9.17) is 9.47 Å². The molecule has 2 N–H and O–H groups in total. The molecule has 1 aliphatic heterocycles. The molecule has 0 bridgehead atoms. The molecule has 0 saturated carbocycles. The summed E-state index contributed by atoms with van der Waals surface area (Å²) < 4.78 is 11.1. The molecular weight excluding hydrogens is 441 g/mol. The molecular formula is C20H26IN3O2. The number of para-hydroxylation sites is 2. The van der Waals surface area contributed by atoms with Crippen LogP contribution in [0.2, 0.25) is 0 Å². The lowest BCUT2D eigenvalue weighted by molar-refractivity contribution is 0.267. The lowest BCUT2D eigenvalue weighted by Gasteiger charge is -2.26. The summed E-state index contributed by atoms with van der Waals surface area (Å²) in [6.07, 6.45) is 1.01. The smallest absolute Gasteiger partial charge is 0.191 e. The fourth-order valence-corrected chi connectivity index (χ4v) is 3.10. The highest BCUT2D eigenvalue weighted by Gasteiger charge is 2.21. The van der Waals surface area contributed by atoms with Gasteiger partial charge >= 0.3 is 0 Å². The van der Waals surface area contributed by atoms with E-state index in [-0.39, 0.29) is 24.0 Å². The van der Waals surface area contributed by atoms with Gasteiger partial charge in [0.05, 0.1) is 13.7 Å². The van der Waals surface area contributed by atoms with E-state index in [2.05, 4.69) is 27.8 Å². The van der Waals surface area contributed by atoms with Gasteiger partial charge in [0.25, 0.3) is 0 Å². The number of hydrogen-bond donors (Lipinski definition) is 2. The number of nitrogens with zero attached hydrogens (tertiary/aromatic N) is 1. The standard InChI is InChI=1S/C20H25N3O2.HI/c1-21-20(23-14-16-7-3-5-9-18(16)24-2)22-13-15-11-12-25-19-10-6-4-8-17(15)19;/h3-10,15H,11-14H2,1-2H3,(H2,21,22,23);1H. The molecule has 0 aromatic heterocycles. The average Bonchev–Trinajstić information content (AvgIpc) is 2.68. The minimum absolute atomic E-state index is 0. The third-order valence-corrected chi connectivity index (χ3v) is 4.46. The number of hydrogen-bond acceptors (Lipinski definition) is 3. The number of ether oxygens (including phenoxy) is 2. The maximum atomic E-state index is 5.73. The SMILES string of the molecule is CN=C(NCc1ccccc1OC)NCC1CCOc2ccccc21.I. The molecule has 140 valence electrons. The highest BCUT2D eigenvalue weighted by Crippen LogP contribution is 2.32. The van der Waals surface area contributed by atoms with Gasteiger partial charge in [0.1, 0.15) is 11.5 Å². The zero-order chi connectivity index (χ0) is 17.5. The van der Waals surface area contributed by atoms with Gasteiger partial charge in [-0.15, -0.1) is 24.0 Å². The Balaban J connectivity index is 0.00000243. The van der Waals surface area contributed by atoms with Crippen molar-refractivity contribution in [2.24, 2.45) is 4.99 Å². The van der Waals surface area contributed by atoms with Crippen LogP contribution in [-0.2, 0) is 6.54 Å². The number of fused-ring (bicyclic) bond motifs is 1. The number of aliphatic imine (C=N–C) groups is 1. The summed E-state index contributed by atoms with van der Waals surface area (Å²) in [5.74, 6) is 3.09. The molecule has 5 nitrogen and oxygen atoms in total.